The van der Waals surface area contributed by atoms with Crippen molar-refractivity contribution >= 4 is 5.69 Å². The Morgan fingerprint density at radius 2 is 2.20 bits per heavy atom. The predicted molar refractivity (Wildman–Crippen MR) is 58.8 cm³/mol. The fourth-order valence-corrected chi connectivity index (χ4v) is 2.07. The molecule has 1 aliphatic rings. The minimum absolute atomic E-state index is 0.448. The molecule has 1 N–H and O–H groups in total. The lowest BCUT2D eigenvalue weighted by molar-refractivity contribution is 0.199. The number of halogens is 1. The highest BCUT2D eigenvalue weighted by Gasteiger charge is 2.24. The number of anilines is 1. The smallest absolute Gasteiger partial charge is 0.119 e. The van der Waals surface area contributed by atoms with Gasteiger partial charge in [0.25, 0.3) is 0 Å². The molecule has 0 spiro atoms. The fraction of sp³-hybridized carbons (Fsp3) is 0.500. The number of aliphatic hydroxyl groups is 1. The number of hydrogen-bond acceptors (Lipinski definition) is 2. The molecule has 0 aliphatic carbocycles. The lowest BCUT2D eigenvalue weighted by Crippen LogP contribution is -2.21. The molecule has 0 amide bonds. The quantitative estimate of drug-likeness (QED) is 0.807. The molecule has 1 aromatic rings. The first-order valence-corrected chi connectivity index (χ1v) is 5.34. The summed E-state index contributed by atoms with van der Waals surface area (Å²) in [5.74, 6) is 0. The van der Waals surface area contributed by atoms with Crippen molar-refractivity contribution in [1.82, 2.24) is 0 Å². The van der Waals surface area contributed by atoms with Crippen molar-refractivity contribution in [3.63, 3.8) is 0 Å². The summed E-state index contributed by atoms with van der Waals surface area (Å²) in [6.07, 6.45) is -0.638. The van der Waals surface area contributed by atoms with Crippen LogP contribution in [0.25, 0.3) is 0 Å². The molecule has 1 aliphatic heterocycles. The summed E-state index contributed by atoms with van der Waals surface area (Å²) in [6.45, 7) is 2.93. The lowest BCUT2D eigenvalue weighted by Gasteiger charge is -2.22. The molecule has 2 nitrogen and oxygen atoms in total. The van der Waals surface area contributed by atoms with Gasteiger partial charge in [0.15, 0.2) is 0 Å². The molecule has 0 aromatic heterocycles. The zero-order valence-corrected chi connectivity index (χ0v) is 8.86. The van der Waals surface area contributed by atoms with E-state index in [9.17, 15) is 9.50 Å². The third kappa shape index (κ3) is 2.12. The Kier molecular flexibility index (Phi) is 2.91. The Balaban J connectivity index is 2.27. The van der Waals surface area contributed by atoms with Gasteiger partial charge in [0.05, 0.1) is 6.10 Å². The first-order valence-electron chi connectivity index (χ1n) is 5.34. The van der Waals surface area contributed by atoms with Gasteiger partial charge in [-0.2, -0.15) is 0 Å². The Labute approximate surface area is 89.3 Å². The zero-order valence-electron chi connectivity index (χ0n) is 8.86. The normalized spacial score (nSPS) is 23.1. The van der Waals surface area contributed by atoms with Gasteiger partial charge in [0.2, 0.25) is 0 Å². The highest BCUT2D eigenvalue weighted by Crippen LogP contribution is 2.29. The molecule has 1 heterocycles. The highest BCUT2D eigenvalue weighted by atomic mass is 19.1. The second-order valence-electron chi connectivity index (χ2n) is 4.07. The van der Waals surface area contributed by atoms with E-state index in [1.165, 1.54) is 0 Å². The number of aliphatic hydroxyl groups excluding tert-OH is 1. The first kappa shape index (κ1) is 10.4. The van der Waals surface area contributed by atoms with Crippen LogP contribution < -0.4 is 4.90 Å². The summed E-state index contributed by atoms with van der Waals surface area (Å²) in [4.78, 5) is 2.01. The Hall–Kier alpha value is -1.09. The summed E-state index contributed by atoms with van der Waals surface area (Å²) >= 11 is 0. The van der Waals surface area contributed by atoms with E-state index in [-0.39, 0.29) is 0 Å². The van der Waals surface area contributed by atoms with E-state index in [1.807, 2.05) is 29.2 Å². The third-order valence-electron chi connectivity index (χ3n) is 2.86. The lowest BCUT2D eigenvalue weighted by atomic mass is 10.1. The largest absolute Gasteiger partial charge is 0.389 e. The zero-order chi connectivity index (χ0) is 10.8. The summed E-state index contributed by atoms with van der Waals surface area (Å²) < 4.78 is 13.1. The Bertz CT molecular complexity index is 340. The van der Waals surface area contributed by atoms with Crippen molar-refractivity contribution in [1.29, 1.82) is 0 Å². The highest BCUT2D eigenvalue weighted by molar-refractivity contribution is 5.55. The molecular formula is C12H16FNO. The van der Waals surface area contributed by atoms with Crippen LogP contribution in [0.5, 0.6) is 0 Å². The van der Waals surface area contributed by atoms with Gasteiger partial charge in [-0.3, -0.25) is 0 Å². The molecule has 1 saturated heterocycles. The number of para-hydroxylation sites is 1. The number of hydrogen-bond donors (Lipinski definition) is 1. The van der Waals surface area contributed by atoms with Crippen LogP contribution >= 0.6 is 0 Å². The van der Waals surface area contributed by atoms with Crippen LogP contribution in [0.4, 0.5) is 10.1 Å². The maximum absolute atomic E-state index is 13.1. The fourth-order valence-electron chi connectivity index (χ4n) is 2.07. The number of nitrogens with zero attached hydrogens (tertiary/aromatic N) is 1. The minimum Gasteiger partial charge on any atom is -0.389 e. The minimum atomic E-state index is -0.730. The molecule has 1 aromatic carbocycles. The van der Waals surface area contributed by atoms with Gasteiger partial charge >= 0.3 is 0 Å². The van der Waals surface area contributed by atoms with E-state index in [1.54, 1.807) is 6.92 Å². The van der Waals surface area contributed by atoms with E-state index in [0.29, 0.717) is 13.0 Å². The molecule has 0 bridgehead atoms. The third-order valence-corrected chi connectivity index (χ3v) is 2.86. The molecule has 0 radical (unpaired) electrons. The Morgan fingerprint density at radius 1 is 1.47 bits per heavy atom. The summed E-state index contributed by atoms with van der Waals surface area (Å²) in [6, 6.07) is 7.66. The van der Waals surface area contributed by atoms with Gasteiger partial charge in [-0.05, 0) is 19.4 Å². The molecule has 1 fully saturated rings. The Morgan fingerprint density at radius 3 is 2.80 bits per heavy atom. The number of benzene rings is 1. The van der Waals surface area contributed by atoms with E-state index in [2.05, 4.69) is 0 Å². The van der Waals surface area contributed by atoms with Crippen LogP contribution in [0.15, 0.2) is 24.3 Å². The number of rotatable bonds is 2. The predicted octanol–water partition coefficient (Wildman–Crippen LogP) is 2.29. The van der Waals surface area contributed by atoms with Crippen LogP contribution in [0.1, 0.15) is 25.0 Å². The second kappa shape index (κ2) is 4.19. The second-order valence-corrected chi connectivity index (χ2v) is 4.07. The SMILES string of the molecule is CC(O)c1ccccc1N1CC[C@H](F)C1. The van der Waals surface area contributed by atoms with Crippen molar-refractivity contribution in [3.05, 3.63) is 29.8 Å². The van der Waals surface area contributed by atoms with Crippen LogP contribution in [-0.2, 0) is 0 Å². The van der Waals surface area contributed by atoms with Crippen molar-refractivity contribution in [2.24, 2.45) is 0 Å². The summed E-state index contributed by atoms with van der Waals surface area (Å²) in [7, 11) is 0. The van der Waals surface area contributed by atoms with Gasteiger partial charge in [-0.25, -0.2) is 4.39 Å². The maximum Gasteiger partial charge on any atom is 0.119 e. The molecule has 0 saturated carbocycles. The van der Waals surface area contributed by atoms with Crippen LogP contribution in [-0.4, -0.2) is 24.4 Å². The molecule has 15 heavy (non-hydrogen) atoms. The van der Waals surface area contributed by atoms with Gasteiger partial charge in [-0.1, -0.05) is 18.2 Å². The van der Waals surface area contributed by atoms with Gasteiger partial charge in [-0.15, -0.1) is 0 Å². The van der Waals surface area contributed by atoms with E-state index >= 15 is 0 Å². The summed E-state index contributed by atoms with van der Waals surface area (Å²) in [5, 5.41) is 9.61. The van der Waals surface area contributed by atoms with E-state index < -0.39 is 12.3 Å². The molecule has 1 unspecified atom stereocenters. The first-order chi connectivity index (χ1) is 7.18. The average molecular weight is 209 g/mol. The number of alkyl halides is 1. The topological polar surface area (TPSA) is 23.5 Å². The maximum atomic E-state index is 13.1. The molecule has 2 atom stereocenters. The molecule has 2 rings (SSSR count). The van der Waals surface area contributed by atoms with Crippen molar-refractivity contribution in [3.8, 4) is 0 Å². The molecule has 3 heteroatoms. The standard InChI is InChI=1S/C12H16FNO/c1-9(15)11-4-2-3-5-12(11)14-7-6-10(13)8-14/h2-5,9-10,15H,6-8H2,1H3/t9?,10-/m0/s1. The van der Waals surface area contributed by atoms with E-state index in [0.717, 1.165) is 17.8 Å². The van der Waals surface area contributed by atoms with Crippen molar-refractivity contribution < 1.29 is 9.50 Å². The summed E-state index contributed by atoms with van der Waals surface area (Å²) in [5.41, 5.74) is 1.85. The van der Waals surface area contributed by atoms with E-state index in [4.69, 9.17) is 0 Å². The van der Waals surface area contributed by atoms with Crippen LogP contribution in [0.3, 0.4) is 0 Å². The van der Waals surface area contributed by atoms with Gasteiger partial charge in [0.1, 0.15) is 6.17 Å². The average Bonchev–Trinajstić information content (AvgIpc) is 2.65. The van der Waals surface area contributed by atoms with Gasteiger partial charge in [0, 0.05) is 24.3 Å². The van der Waals surface area contributed by atoms with Crippen molar-refractivity contribution in [2.75, 3.05) is 18.0 Å². The molecule has 82 valence electrons. The van der Waals surface area contributed by atoms with Gasteiger partial charge < -0.3 is 10.0 Å². The monoisotopic (exact) mass is 209 g/mol. The van der Waals surface area contributed by atoms with Crippen molar-refractivity contribution in [2.45, 2.75) is 25.6 Å². The van der Waals surface area contributed by atoms with Crippen LogP contribution in [0, 0.1) is 0 Å². The van der Waals surface area contributed by atoms with Crippen LogP contribution in [0.2, 0.25) is 0 Å². The molecular weight excluding hydrogens is 193 g/mol.